The van der Waals surface area contributed by atoms with E-state index in [1.807, 2.05) is 54.1 Å². The number of rotatable bonds is 4. The van der Waals surface area contributed by atoms with Gasteiger partial charge in [-0.2, -0.15) is 12.1 Å². The van der Waals surface area contributed by atoms with E-state index in [1.165, 1.54) is 31.3 Å². The van der Waals surface area contributed by atoms with Gasteiger partial charge in [-0.3, -0.25) is 0 Å². The number of ether oxygens (including phenoxy) is 1. The Kier molecular flexibility index (Phi) is 8.08. The van der Waals surface area contributed by atoms with Gasteiger partial charge in [-0.1, -0.05) is 94.4 Å². The van der Waals surface area contributed by atoms with E-state index < -0.39 is 0 Å². The van der Waals surface area contributed by atoms with E-state index in [2.05, 4.69) is 141 Å². The number of fused-ring (bicyclic) bond motifs is 9. The molecule has 5 aromatic carbocycles. The number of aromatic nitrogens is 3. The molecule has 0 radical (unpaired) electrons. The SMILES string of the molecule is CC(C)(C)c1ccnc(-n2c3[c-]c(Oc4[c-]c5c(cc4)C(C)(C)c4ccccc4N5c4ccccn4)ccc3c3ccc4sc5ccccc5c4c32)c1.[Pt+2]. The third-order valence-electron chi connectivity index (χ3n) is 10.7. The van der Waals surface area contributed by atoms with Crippen molar-refractivity contribution in [1.82, 2.24) is 14.5 Å². The van der Waals surface area contributed by atoms with Crippen molar-refractivity contribution in [3.8, 4) is 17.3 Å². The molecule has 5 nitrogen and oxygen atoms in total. The number of anilines is 3. The summed E-state index contributed by atoms with van der Waals surface area (Å²) in [6, 6.07) is 47.8. The summed E-state index contributed by atoms with van der Waals surface area (Å²) in [7, 11) is 0. The molecule has 5 heterocycles. The minimum absolute atomic E-state index is 0. The molecule has 0 unspecified atom stereocenters. The molecule has 4 aromatic heterocycles. The van der Waals surface area contributed by atoms with Crippen molar-refractivity contribution < 1.29 is 25.8 Å². The maximum Gasteiger partial charge on any atom is 2.00 e. The molecule has 9 aromatic rings. The van der Waals surface area contributed by atoms with Crippen molar-refractivity contribution in [2.24, 2.45) is 0 Å². The van der Waals surface area contributed by atoms with Crippen molar-refractivity contribution in [3.05, 3.63) is 156 Å². The fourth-order valence-corrected chi connectivity index (χ4v) is 9.13. The van der Waals surface area contributed by atoms with Crippen molar-refractivity contribution in [1.29, 1.82) is 0 Å². The van der Waals surface area contributed by atoms with Gasteiger partial charge in [-0.15, -0.1) is 46.6 Å². The topological polar surface area (TPSA) is 43.2 Å². The van der Waals surface area contributed by atoms with Gasteiger partial charge in [0.2, 0.25) is 0 Å². The number of benzene rings is 5. The molecule has 0 spiro atoms. The predicted octanol–water partition coefficient (Wildman–Crippen LogP) is 12.7. The van der Waals surface area contributed by atoms with E-state index >= 15 is 0 Å². The van der Waals surface area contributed by atoms with Crippen LogP contribution in [0.3, 0.4) is 0 Å². The molecule has 10 rings (SSSR count). The number of thiophene rings is 1. The summed E-state index contributed by atoms with van der Waals surface area (Å²) in [5, 5.41) is 4.74. The Morgan fingerprint density at radius 1 is 0.667 bits per heavy atom. The summed E-state index contributed by atoms with van der Waals surface area (Å²) in [6.45, 7) is 11.3. The van der Waals surface area contributed by atoms with Crippen molar-refractivity contribution in [3.63, 3.8) is 0 Å². The zero-order valence-corrected chi connectivity index (χ0v) is 33.6. The average molecular weight is 900 g/mol. The molecule has 0 N–H and O–H groups in total. The normalized spacial score (nSPS) is 13.6. The Labute approximate surface area is 333 Å². The fourth-order valence-electron chi connectivity index (χ4n) is 8.02. The van der Waals surface area contributed by atoms with Crippen LogP contribution in [0, 0.1) is 12.1 Å². The minimum atomic E-state index is -0.246. The standard InChI is InChI=1S/C47H36N4OS.Pt/c1-46(2,3)29-23-25-49-43(26-29)51-38-27-30(17-19-32(38)33-20-22-41-44(45(33)51)34-12-6-9-15-40(34)53-41)52-31-18-21-36-39(28-31)50(42-16-10-11-24-48-42)37-14-8-7-13-35(37)47(36,4)5;/h6-26H,1-5H3;/q-2;+2. The second-order valence-corrected chi connectivity index (χ2v) is 16.4. The van der Waals surface area contributed by atoms with Gasteiger partial charge < -0.3 is 14.2 Å². The van der Waals surface area contributed by atoms with E-state index in [0.717, 1.165) is 50.4 Å². The van der Waals surface area contributed by atoms with Crippen molar-refractivity contribution in [2.45, 2.75) is 45.4 Å². The van der Waals surface area contributed by atoms with Crippen LogP contribution in [0.15, 0.2) is 128 Å². The number of para-hydroxylation sites is 1. The molecule has 54 heavy (non-hydrogen) atoms. The van der Waals surface area contributed by atoms with Crippen molar-refractivity contribution in [2.75, 3.05) is 4.90 Å². The number of hydrogen-bond acceptors (Lipinski definition) is 5. The molecule has 1 aliphatic heterocycles. The van der Waals surface area contributed by atoms with Gasteiger partial charge in [0.25, 0.3) is 0 Å². The van der Waals surface area contributed by atoms with Crippen molar-refractivity contribution >= 4 is 70.5 Å². The van der Waals surface area contributed by atoms with Gasteiger partial charge in [0.05, 0.1) is 5.52 Å². The van der Waals surface area contributed by atoms with Crippen LogP contribution < -0.4 is 9.64 Å². The first-order valence-corrected chi connectivity index (χ1v) is 18.8. The minimum Gasteiger partial charge on any atom is -0.509 e. The van der Waals surface area contributed by atoms with Crippen LogP contribution in [0.1, 0.15) is 51.3 Å². The summed E-state index contributed by atoms with van der Waals surface area (Å²) >= 11 is 1.83. The van der Waals surface area contributed by atoms with E-state index in [-0.39, 0.29) is 31.9 Å². The zero-order chi connectivity index (χ0) is 36.1. The fraction of sp³-hybridized carbons (Fsp3) is 0.149. The smallest absolute Gasteiger partial charge is 0.509 e. The van der Waals surface area contributed by atoms with Gasteiger partial charge in [0.15, 0.2) is 0 Å². The molecule has 1 aliphatic rings. The van der Waals surface area contributed by atoms with Crippen LogP contribution in [0.25, 0.3) is 47.8 Å². The third-order valence-corrected chi connectivity index (χ3v) is 11.8. The molecule has 0 amide bonds. The monoisotopic (exact) mass is 899 g/mol. The Hall–Kier alpha value is -5.29. The van der Waals surface area contributed by atoms with Crippen LogP contribution >= 0.6 is 11.3 Å². The van der Waals surface area contributed by atoms with E-state index in [0.29, 0.717) is 11.5 Å². The summed E-state index contributed by atoms with van der Waals surface area (Å²) in [5.74, 6) is 2.91. The van der Waals surface area contributed by atoms with Crippen LogP contribution in [-0.2, 0) is 31.9 Å². The first-order chi connectivity index (χ1) is 25.7. The van der Waals surface area contributed by atoms with Crippen LogP contribution in [-0.4, -0.2) is 14.5 Å². The van der Waals surface area contributed by atoms with Gasteiger partial charge in [0, 0.05) is 49.8 Å². The molecule has 0 atom stereocenters. The van der Waals surface area contributed by atoms with Crippen LogP contribution in [0.2, 0.25) is 0 Å². The number of pyridine rings is 2. The largest absolute Gasteiger partial charge is 2.00 e. The molecule has 266 valence electrons. The molecule has 0 fully saturated rings. The zero-order valence-electron chi connectivity index (χ0n) is 30.5. The van der Waals surface area contributed by atoms with Gasteiger partial charge >= 0.3 is 21.1 Å². The van der Waals surface area contributed by atoms with Crippen LogP contribution in [0.5, 0.6) is 11.5 Å². The summed E-state index contributed by atoms with van der Waals surface area (Å²) in [4.78, 5) is 11.9. The molecular formula is C47H36N4OPtS. The van der Waals surface area contributed by atoms with Gasteiger partial charge in [-0.05, 0) is 69.8 Å². The number of hydrogen-bond donors (Lipinski definition) is 0. The summed E-state index contributed by atoms with van der Waals surface area (Å²) in [5.41, 5.74) is 7.40. The second kappa shape index (κ2) is 12.6. The second-order valence-electron chi connectivity index (χ2n) is 15.4. The first kappa shape index (κ1) is 34.5. The van der Waals surface area contributed by atoms with Gasteiger partial charge in [0.1, 0.15) is 11.6 Å². The Bertz CT molecular complexity index is 2900. The third kappa shape index (κ3) is 5.30. The Morgan fingerprint density at radius 3 is 2.24 bits per heavy atom. The van der Waals surface area contributed by atoms with E-state index in [1.54, 1.807) is 0 Å². The molecule has 7 heteroatoms. The Balaban J connectivity index is 0.00000384. The first-order valence-electron chi connectivity index (χ1n) is 18.0. The maximum absolute atomic E-state index is 6.71. The van der Waals surface area contributed by atoms with E-state index in [9.17, 15) is 0 Å². The maximum atomic E-state index is 6.71. The molecule has 0 bridgehead atoms. The summed E-state index contributed by atoms with van der Waals surface area (Å²) < 4.78 is 11.5. The predicted molar refractivity (Wildman–Crippen MR) is 219 cm³/mol. The number of nitrogens with zero attached hydrogens (tertiary/aromatic N) is 4. The van der Waals surface area contributed by atoms with Gasteiger partial charge in [-0.25, -0.2) is 9.97 Å². The quantitative estimate of drug-likeness (QED) is 0.165. The molecule has 0 saturated carbocycles. The average Bonchev–Trinajstić information content (AvgIpc) is 3.70. The molecule has 0 aliphatic carbocycles. The van der Waals surface area contributed by atoms with Crippen LogP contribution in [0.4, 0.5) is 17.2 Å². The Morgan fingerprint density at radius 2 is 1.41 bits per heavy atom. The molecule has 0 saturated heterocycles. The summed E-state index contributed by atoms with van der Waals surface area (Å²) in [6.07, 6.45) is 3.76. The van der Waals surface area contributed by atoms with E-state index in [4.69, 9.17) is 14.7 Å². The molecular weight excluding hydrogens is 864 g/mol.